The van der Waals surface area contributed by atoms with E-state index in [4.69, 9.17) is 14.5 Å². The summed E-state index contributed by atoms with van der Waals surface area (Å²) in [5.74, 6) is 4.37. The minimum Gasteiger partial charge on any atom is -0.493 e. The summed E-state index contributed by atoms with van der Waals surface area (Å²) >= 11 is 0. The molecule has 30 heavy (non-hydrogen) atoms. The van der Waals surface area contributed by atoms with E-state index in [9.17, 15) is 0 Å². The molecule has 0 fully saturated rings. The summed E-state index contributed by atoms with van der Waals surface area (Å²) in [6.07, 6.45) is 6.59. The Kier molecular flexibility index (Phi) is 10.2. The molecule has 2 heterocycles. The molecule has 8 nitrogen and oxygen atoms in total. The molecule has 0 aliphatic carbocycles. The first kappa shape index (κ1) is 24.2. The third-order valence-electron chi connectivity index (χ3n) is 5.01. The van der Waals surface area contributed by atoms with Crippen molar-refractivity contribution < 1.29 is 9.47 Å². The molecular weight excluding hydrogens is 495 g/mol. The highest BCUT2D eigenvalue weighted by Gasteiger charge is 2.14. The summed E-state index contributed by atoms with van der Waals surface area (Å²) in [6, 6.07) is 5.72. The van der Waals surface area contributed by atoms with E-state index >= 15 is 0 Å². The summed E-state index contributed by atoms with van der Waals surface area (Å²) in [7, 11) is 3.26. The van der Waals surface area contributed by atoms with Gasteiger partial charge in [-0.15, -0.1) is 34.2 Å². The maximum Gasteiger partial charge on any atom is 0.195 e. The number of guanidine groups is 1. The molecule has 0 saturated heterocycles. The van der Waals surface area contributed by atoms with Crippen molar-refractivity contribution in [3.63, 3.8) is 0 Å². The molecule has 0 saturated carbocycles. The number of aliphatic imine (C=N–C) groups is 1. The molecule has 1 aliphatic rings. The SMILES string of the molecule is CCNC(=NCCCc1nnc2n1CCCCC2)Nc1ccc(OC)c(OC)c1.I. The fourth-order valence-electron chi connectivity index (χ4n) is 3.52. The molecule has 166 valence electrons. The zero-order chi connectivity index (χ0) is 20.5. The molecule has 3 rings (SSSR count). The van der Waals surface area contributed by atoms with Gasteiger partial charge in [0, 0.05) is 44.2 Å². The number of nitrogens with one attached hydrogen (secondary N) is 2. The first-order valence-electron chi connectivity index (χ1n) is 10.4. The molecule has 0 bridgehead atoms. The van der Waals surface area contributed by atoms with Gasteiger partial charge in [0.1, 0.15) is 11.6 Å². The maximum absolute atomic E-state index is 5.37. The Morgan fingerprint density at radius 2 is 1.97 bits per heavy atom. The number of methoxy groups -OCH3 is 2. The number of halogens is 1. The highest BCUT2D eigenvalue weighted by atomic mass is 127. The summed E-state index contributed by atoms with van der Waals surface area (Å²) in [4.78, 5) is 4.70. The number of aryl methyl sites for hydroxylation is 2. The third-order valence-corrected chi connectivity index (χ3v) is 5.01. The number of nitrogens with zero attached hydrogens (tertiary/aromatic N) is 4. The number of fused-ring (bicyclic) bond motifs is 1. The van der Waals surface area contributed by atoms with Crippen LogP contribution in [0, 0.1) is 0 Å². The van der Waals surface area contributed by atoms with Crippen molar-refractivity contribution in [1.82, 2.24) is 20.1 Å². The molecule has 1 aromatic carbocycles. The third kappa shape index (κ3) is 6.48. The Morgan fingerprint density at radius 3 is 2.73 bits per heavy atom. The van der Waals surface area contributed by atoms with Crippen LogP contribution in [-0.4, -0.2) is 48.0 Å². The highest BCUT2D eigenvalue weighted by molar-refractivity contribution is 14.0. The van der Waals surface area contributed by atoms with Gasteiger partial charge < -0.3 is 24.7 Å². The van der Waals surface area contributed by atoms with E-state index in [1.54, 1.807) is 14.2 Å². The lowest BCUT2D eigenvalue weighted by molar-refractivity contribution is 0.355. The van der Waals surface area contributed by atoms with Crippen LogP contribution in [0.1, 0.15) is 44.3 Å². The van der Waals surface area contributed by atoms with Crippen LogP contribution in [0.25, 0.3) is 0 Å². The van der Waals surface area contributed by atoms with Gasteiger partial charge in [-0.2, -0.15) is 0 Å². The number of rotatable bonds is 8. The van der Waals surface area contributed by atoms with E-state index < -0.39 is 0 Å². The smallest absolute Gasteiger partial charge is 0.195 e. The van der Waals surface area contributed by atoms with Gasteiger partial charge >= 0.3 is 0 Å². The minimum atomic E-state index is 0. The fourth-order valence-corrected chi connectivity index (χ4v) is 3.52. The number of hydrogen-bond acceptors (Lipinski definition) is 5. The van der Waals surface area contributed by atoms with Crippen molar-refractivity contribution in [2.75, 3.05) is 32.6 Å². The van der Waals surface area contributed by atoms with E-state index in [1.165, 1.54) is 19.3 Å². The Morgan fingerprint density at radius 1 is 1.13 bits per heavy atom. The van der Waals surface area contributed by atoms with Gasteiger partial charge in [0.2, 0.25) is 0 Å². The summed E-state index contributed by atoms with van der Waals surface area (Å²) < 4.78 is 13.0. The zero-order valence-corrected chi connectivity index (χ0v) is 20.4. The zero-order valence-electron chi connectivity index (χ0n) is 18.1. The Bertz CT molecular complexity index is 824. The Labute approximate surface area is 195 Å². The van der Waals surface area contributed by atoms with Gasteiger partial charge in [0.15, 0.2) is 17.5 Å². The number of anilines is 1. The number of aromatic nitrogens is 3. The molecule has 0 spiro atoms. The minimum absolute atomic E-state index is 0. The Hall–Kier alpha value is -2.04. The standard InChI is InChI=1S/C21H32N6O2.HI/c1-4-22-21(24-16-11-12-17(28-2)18(15-16)29-3)23-13-8-10-20-26-25-19-9-6-5-7-14-27(19)20;/h11-12,15H,4-10,13-14H2,1-3H3,(H2,22,23,24);1H. The molecule has 0 atom stereocenters. The lowest BCUT2D eigenvalue weighted by Crippen LogP contribution is -2.30. The van der Waals surface area contributed by atoms with E-state index in [0.29, 0.717) is 18.0 Å². The van der Waals surface area contributed by atoms with Gasteiger partial charge in [-0.1, -0.05) is 6.42 Å². The maximum atomic E-state index is 5.37. The van der Waals surface area contributed by atoms with Crippen molar-refractivity contribution in [2.24, 2.45) is 4.99 Å². The van der Waals surface area contributed by atoms with E-state index in [0.717, 1.165) is 55.6 Å². The van der Waals surface area contributed by atoms with Crippen LogP contribution in [0.15, 0.2) is 23.2 Å². The van der Waals surface area contributed by atoms with Crippen LogP contribution in [0.3, 0.4) is 0 Å². The van der Waals surface area contributed by atoms with Crippen molar-refractivity contribution in [1.29, 1.82) is 0 Å². The molecule has 1 aliphatic heterocycles. The van der Waals surface area contributed by atoms with Gasteiger partial charge in [-0.05, 0) is 38.3 Å². The average molecular weight is 528 g/mol. The molecule has 2 aromatic rings. The van der Waals surface area contributed by atoms with Crippen molar-refractivity contribution in [2.45, 2.75) is 52.0 Å². The molecule has 0 amide bonds. The summed E-state index contributed by atoms with van der Waals surface area (Å²) in [5, 5.41) is 15.4. The van der Waals surface area contributed by atoms with Gasteiger partial charge in [-0.25, -0.2) is 0 Å². The predicted octanol–water partition coefficient (Wildman–Crippen LogP) is 3.65. The van der Waals surface area contributed by atoms with Crippen LogP contribution in [0.5, 0.6) is 11.5 Å². The van der Waals surface area contributed by atoms with Gasteiger partial charge in [-0.3, -0.25) is 4.99 Å². The Balaban J connectivity index is 0.00000320. The summed E-state index contributed by atoms with van der Waals surface area (Å²) in [5.41, 5.74) is 0.894. The van der Waals surface area contributed by atoms with Crippen LogP contribution < -0.4 is 20.1 Å². The van der Waals surface area contributed by atoms with E-state index in [1.807, 2.05) is 18.2 Å². The normalized spacial score (nSPS) is 13.6. The quantitative estimate of drug-likeness (QED) is 0.236. The van der Waals surface area contributed by atoms with Crippen LogP contribution in [0.2, 0.25) is 0 Å². The predicted molar refractivity (Wildman–Crippen MR) is 130 cm³/mol. The largest absolute Gasteiger partial charge is 0.493 e. The first-order chi connectivity index (χ1) is 14.2. The van der Waals surface area contributed by atoms with Crippen LogP contribution in [-0.2, 0) is 19.4 Å². The van der Waals surface area contributed by atoms with Gasteiger partial charge in [0.25, 0.3) is 0 Å². The monoisotopic (exact) mass is 528 g/mol. The molecule has 9 heteroatoms. The number of hydrogen-bond donors (Lipinski definition) is 2. The summed E-state index contributed by atoms with van der Waals surface area (Å²) in [6.45, 7) is 4.60. The lowest BCUT2D eigenvalue weighted by atomic mass is 10.2. The molecule has 2 N–H and O–H groups in total. The van der Waals surface area contributed by atoms with Crippen molar-refractivity contribution in [3.05, 3.63) is 29.8 Å². The highest BCUT2D eigenvalue weighted by Crippen LogP contribution is 2.29. The second-order valence-electron chi connectivity index (χ2n) is 7.05. The molecule has 0 radical (unpaired) electrons. The molecule has 1 aromatic heterocycles. The van der Waals surface area contributed by atoms with E-state index in [-0.39, 0.29) is 24.0 Å². The first-order valence-corrected chi connectivity index (χ1v) is 10.4. The molecular formula is C21H33IN6O2. The average Bonchev–Trinajstić information content (AvgIpc) is 2.96. The van der Waals surface area contributed by atoms with E-state index in [2.05, 4.69) is 32.3 Å². The molecule has 0 unspecified atom stereocenters. The van der Waals surface area contributed by atoms with Crippen molar-refractivity contribution >= 4 is 35.6 Å². The fraction of sp³-hybridized carbons (Fsp3) is 0.571. The number of ether oxygens (including phenoxy) is 2. The second-order valence-corrected chi connectivity index (χ2v) is 7.05. The topological polar surface area (TPSA) is 85.6 Å². The van der Waals surface area contributed by atoms with Crippen molar-refractivity contribution in [3.8, 4) is 11.5 Å². The van der Waals surface area contributed by atoms with Crippen LogP contribution >= 0.6 is 24.0 Å². The number of benzene rings is 1. The van der Waals surface area contributed by atoms with Gasteiger partial charge in [0.05, 0.1) is 14.2 Å². The van der Waals surface area contributed by atoms with Crippen LogP contribution in [0.4, 0.5) is 5.69 Å². The second kappa shape index (κ2) is 12.6. The lowest BCUT2D eigenvalue weighted by Gasteiger charge is -2.14.